The molecule has 1 aliphatic rings. The van der Waals surface area contributed by atoms with Crippen LogP contribution in [0.5, 0.6) is 0 Å². The molecule has 0 radical (unpaired) electrons. The molecule has 0 spiro atoms. The van der Waals surface area contributed by atoms with Crippen LogP contribution in [0.4, 0.5) is 4.39 Å². The fraction of sp³-hybridized carbons (Fsp3) is 0.500. The quantitative estimate of drug-likeness (QED) is 0.841. The zero-order valence-corrected chi connectivity index (χ0v) is 10.5. The van der Waals surface area contributed by atoms with Gasteiger partial charge in [-0.25, -0.2) is 4.39 Å². The van der Waals surface area contributed by atoms with Crippen LogP contribution in [-0.2, 0) is 0 Å². The molecule has 1 aromatic rings. The van der Waals surface area contributed by atoms with E-state index in [4.69, 9.17) is 5.11 Å². The third-order valence-electron chi connectivity index (χ3n) is 3.66. The second-order valence-electron chi connectivity index (χ2n) is 5.09. The summed E-state index contributed by atoms with van der Waals surface area (Å²) in [5.74, 6) is -0.831. The van der Waals surface area contributed by atoms with Crippen LogP contribution in [0.3, 0.4) is 0 Å². The Morgan fingerprint density at radius 1 is 1.50 bits per heavy atom. The van der Waals surface area contributed by atoms with E-state index < -0.39 is 5.82 Å². The van der Waals surface area contributed by atoms with Crippen LogP contribution in [0.1, 0.15) is 35.2 Å². The molecule has 1 aliphatic carbocycles. The Morgan fingerprint density at radius 2 is 2.22 bits per heavy atom. The van der Waals surface area contributed by atoms with Gasteiger partial charge in [0.05, 0.1) is 5.56 Å². The van der Waals surface area contributed by atoms with Gasteiger partial charge in [-0.3, -0.25) is 4.79 Å². The Morgan fingerprint density at radius 3 is 2.83 bits per heavy atom. The molecular weight excluding hydrogens is 233 g/mol. The summed E-state index contributed by atoms with van der Waals surface area (Å²) in [6, 6.07) is 4.80. The summed E-state index contributed by atoms with van der Waals surface area (Å²) in [5, 5.41) is 11.7. The predicted molar refractivity (Wildman–Crippen MR) is 66.8 cm³/mol. The van der Waals surface area contributed by atoms with Crippen molar-refractivity contribution >= 4 is 5.91 Å². The van der Waals surface area contributed by atoms with Gasteiger partial charge in [-0.05, 0) is 43.2 Å². The van der Waals surface area contributed by atoms with Gasteiger partial charge in [0.25, 0.3) is 5.91 Å². The van der Waals surface area contributed by atoms with Gasteiger partial charge < -0.3 is 10.4 Å². The number of carbonyl (C=O) groups excluding carboxylic acids is 1. The number of nitrogens with one attached hydrogen (secondary N) is 1. The van der Waals surface area contributed by atoms with Gasteiger partial charge in [0.15, 0.2) is 0 Å². The Hall–Kier alpha value is -1.42. The van der Waals surface area contributed by atoms with Crippen LogP contribution in [0, 0.1) is 18.2 Å². The fourth-order valence-corrected chi connectivity index (χ4v) is 2.11. The summed E-state index contributed by atoms with van der Waals surface area (Å²) < 4.78 is 13.7. The fourth-order valence-electron chi connectivity index (χ4n) is 2.11. The second-order valence-corrected chi connectivity index (χ2v) is 5.09. The first kappa shape index (κ1) is 13.0. The van der Waals surface area contributed by atoms with Crippen LogP contribution in [0.25, 0.3) is 0 Å². The average molecular weight is 251 g/mol. The highest BCUT2D eigenvalue weighted by molar-refractivity contribution is 5.94. The standard InChI is InChI=1S/C14H18FNO2/c1-10-3-2-4-11(12(10)15)13(18)16-9-14(5-6-14)7-8-17/h2-4,17H,5-9H2,1H3,(H,16,18). The van der Waals surface area contributed by atoms with Gasteiger partial charge in [0.2, 0.25) is 0 Å². The molecule has 1 amide bonds. The molecular formula is C14H18FNO2. The molecule has 0 atom stereocenters. The van der Waals surface area contributed by atoms with Crippen molar-refractivity contribution in [2.75, 3.05) is 13.2 Å². The highest BCUT2D eigenvalue weighted by Crippen LogP contribution is 2.47. The van der Waals surface area contributed by atoms with Crippen molar-refractivity contribution in [3.05, 3.63) is 35.1 Å². The van der Waals surface area contributed by atoms with E-state index in [0.717, 1.165) is 12.8 Å². The lowest BCUT2D eigenvalue weighted by Crippen LogP contribution is -2.31. The SMILES string of the molecule is Cc1cccc(C(=O)NCC2(CCO)CC2)c1F. The maximum absolute atomic E-state index is 13.7. The molecule has 0 aliphatic heterocycles. The minimum absolute atomic E-state index is 0.0463. The molecule has 2 N–H and O–H groups in total. The van der Waals surface area contributed by atoms with Gasteiger partial charge in [-0.15, -0.1) is 0 Å². The molecule has 4 heteroatoms. The number of hydrogen-bond donors (Lipinski definition) is 2. The Labute approximate surface area is 106 Å². The molecule has 3 nitrogen and oxygen atoms in total. The van der Waals surface area contributed by atoms with E-state index in [1.807, 2.05) is 0 Å². The van der Waals surface area contributed by atoms with Crippen molar-refractivity contribution < 1.29 is 14.3 Å². The largest absolute Gasteiger partial charge is 0.396 e. The number of halogens is 1. The summed E-state index contributed by atoms with van der Waals surface area (Å²) in [7, 11) is 0. The van der Waals surface area contributed by atoms with Crippen molar-refractivity contribution in [2.24, 2.45) is 5.41 Å². The van der Waals surface area contributed by atoms with Gasteiger partial charge >= 0.3 is 0 Å². The summed E-state index contributed by atoms with van der Waals surface area (Å²) >= 11 is 0. The Balaban J connectivity index is 1.98. The number of aryl methyl sites for hydroxylation is 1. The van der Waals surface area contributed by atoms with E-state index in [-0.39, 0.29) is 23.5 Å². The second kappa shape index (κ2) is 5.06. The number of carbonyl (C=O) groups is 1. The first-order chi connectivity index (χ1) is 8.58. The highest BCUT2D eigenvalue weighted by atomic mass is 19.1. The summed E-state index contributed by atoms with van der Waals surface area (Å²) in [6.45, 7) is 2.29. The predicted octanol–water partition coefficient (Wildman–Crippen LogP) is 2.03. The summed E-state index contributed by atoms with van der Waals surface area (Å²) in [4.78, 5) is 11.9. The van der Waals surface area contributed by atoms with Crippen LogP contribution in [0.2, 0.25) is 0 Å². The van der Waals surface area contributed by atoms with Gasteiger partial charge in [-0.2, -0.15) is 0 Å². The van der Waals surface area contributed by atoms with Gasteiger partial charge in [0.1, 0.15) is 5.82 Å². The number of hydrogen-bond acceptors (Lipinski definition) is 2. The molecule has 0 heterocycles. The van der Waals surface area contributed by atoms with E-state index in [2.05, 4.69) is 5.32 Å². The lowest BCUT2D eigenvalue weighted by atomic mass is 10.0. The lowest BCUT2D eigenvalue weighted by Gasteiger charge is -2.15. The van der Waals surface area contributed by atoms with Crippen LogP contribution >= 0.6 is 0 Å². The van der Waals surface area contributed by atoms with Crippen LogP contribution < -0.4 is 5.32 Å². The normalized spacial score (nSPS) is 16.4. The molecule has 1 fully saturated rings. The molecule has 0 bridgehead atoms. The van der Waals surface area contributed by atoms with E-state index in [9.17, 15) is 9.18 Å². The number of amides is 1. The Kier molecular flexibility index (Phi) is 3.66. The first-order valence-corrected chi connectivity index (χ1v) is 6.22. The van der Waals surface area contributed by atoms with E-state index in [1.165, 1.54) is 6.07 Å². The summed E-state index contributed by atoms with van der Waals surface area (Å²) in [5.41, 5.74) is 0.610. The topological polar surface area (TPSA) is 49.3 Å². The lowest BCUT2D eigenvalue weighted by molar-refractivity contribution is 0.0936. The molecule has 98 valence electrons. The molecule has 2 rings (SSSR count). The molecule has 1 saturated carbocycles. The highest BCUT2D eigenvalue weighted by Gasteiger charge is 2.41. The number of rotatable bonds is 5. The van der Waals surface area contributed by atoms with Crippen LogP contribution in [-0.4, -0.2) is 24.2 Å². The third kappa shape index (κ3) is 2.70. The van der Waals surface area contributed by atoms with Crippen LogP contribution in [0.15, 0.2) is 18.2 Å². The molecule has 1 aromatic carbocycles. The third-order valence-corrected chi connectivity index (χ3v) is 3.66. The minimum Gasteiger partial charge on any atom is -0.396 e. The van der Waals surface area contributed by atoms with Gasteiger partial charge in [-0.1, -0.05) is 12.1 Å². The van der Waals surface area contributed by atoms with Crippen molar-refractivity contribution in [3.63, 3.8) is 0 Å². The maximum Gasteiger partial charge on any atom is 0.254 e. The maximum atomic E-state index is 13.7. The zero-order valence-electron chi connectivity index (χ0n) is 10.5. The van der Waals surface area contributed by atoms with E-state index in [1.54, 1.807) is 19.1 Å². The monoisotopic (exact) mass is 251 g/mol. The van der Waals surface area contributed by atoms with E-state index in [0.29, 0.717) is 18.5 Å². The van der Waals surface area contributed by atoms with Crippen molar-refractivity contribution in [1.29, 1.82) is 0 Å². The average Bonchev–Trinajstić information content (AvgIpc) is 3.11. The summed E-state index contributed by atoms with van der Waals surface area (Å²) in [6.07, 6.45) is 2.73. The number of benzene rings is 1. The van der Waals surface area contributed by atoms with Crippen molar-refractivity contribution in [2.45, 2.75) is 26.2 Å². The molecule has 0 aromatic heterocycles. The molecule has 18 heavy (non-hydrogen) atoms. The minimum atomic E-state index is -0.456. The first-order valence-electron chi connectivity index (χ1n) is 6.22. The van der Waals surface area contributed by atoms with E-state index >= 15 is 0 Å². The van der Waals surface area contributed by atoms with Crippen molar-refractivity contribution in [3.8, 4) is 0 Å². The van der Waals surface area contributed by atoms with Crippen molar-refractivity contribution in [1.82, 2.24) is 5.32 Å². The Bertz CT molecular complexity index is 455. The number of aliphatic hydroxyl groups excluding tert-OH is 1. The smallest absolute Gasteiger partial charge is 0.254 e. The number of aliphatic hydroxyl groups is 1. The molecule has 0 unspecified atom stereocenters. The van der Waals surface area contributed by atoms with Gasteiger partial charge in [0, 0.05) is 13.2 Å². The zero-order chi connectivity index (χ0) is 13.2. The molecule has 0 saturated heterocycles.